The van der Waals surface area contributed by atoms with E-state index in [2.05, 4.69) is 12.2 Å². The SMILES string of the molecule is CCCCCCCCCCCC(O)NC(N)=O. The van der Waals surface area contributed by atoms with Gasteiger partial charge in [-0.2, -0.15) is 0 Å². The highest BCUT2D eigenvalue weighted by molar-refractivity contribution is 5.71. The van der Waals surface area contributed by atoms with Crippen LogP contribution >= 0.6 is 0 Å². The third kappa shape index (κ3) is 13.2. The first-order valence-electron chi connectivity index (χ1n) is 6.91. The number of carbonyl (C=O) groups is 1. The number of aliphatic hydroxyl groups is 1. The number of urea groups is 1. The van der Waals surface area contributed by atoms with Crippen molar-refractivity contribution in [1.29, 1.82) is 0 Å². The standard InChI is InChI=1S/C13H28N2O2/c1-2-3-4-5-6-7-8-9-10-11-12(16)15-13(14)17/h12,16H,2-11H2,1H3,(H3,14,15,17). The van der Waals surface area contributed by atoms with E-state index in [1.165, 1.54) is 44.9 Å². The van der Waals surface area contributed by atoms with Crippen LogP contribution in [0.2, 0.25) is 0 Å². The van der Waals surface area contributed by atoms with Crippen LogP contribution in [0, 0.1) is 0 Å². The van der Waals surface area contributed by atoms with Crippen molar-refractivity contribution in [2.75, 3.05) is 0 Å². The van der Waals surface area contributed by atoms with Crippen LogP contribution in [-0.4, -0.2) is 17.4 Å². The molecule has 0 aliphatic carbocycles. The number of amides is 2. The summed E-state index contributed by atoms with van der Waals surface area (Å²) in [6.07, 6.45) is 11.0. The number of rotatable bonds is 11. The minimum atomic E-state index is -0.781. The van der Waals surface area contributed by atoms with Gasteiger partial charge in [-0.25, -0.2) is 4.79 Å². The Kier molecular flexibility index (Phi) is 11.2. The average Bonchev–Trinajstić information content (AvgIpc) is 2.26. The Bertz CT molecular complexity index is 186. The zero-order valence-electron chi connectivity index (χ0n) is 11.1. The molecule has 2 amide bonds. The second-order valence-electron chi connectivity index (χ2n) is 4.64. The molecule has 4 heteroatoms. The number of unbranched alkanes of at least 4 members (excludes halogenated alkanes) is 8. The minimum absolute atomic E-state index is 0.596. The summed E-state index contributed by atoms with van der Waals surface area (Å²) in [6, 6.07) is -0.659. The second kappa shape index (κ2) is 11.7. The molecule has 0 spiro atoms. The first-order chi connectivity index (χ1) is 8.16. The molecule has 0 heterocycles. The Morgan fingerprint density at radius 2 is 1.53 bits per heavy atom. The summed E-state index contributed by atoms with van der Waals surface area (Å²) in [5.41, 5.74) is 4.89. The lowest BCUT2D eigenvalue weighted by atomic mass is 10.1. The van der Waals surface area contributed by atoms with Crippen LogP contribution in [-0.2, 0) is 0 Å². The van der Waals surface area contributed by atoms with Gasteiger partial charge in [-0.05, 0) is 12.8 Å². The van der Waals surface area contributed by atoms with Gasteiger partial charge >= 0.3 is 6.03 Å². The maximum atomic E-state index is 10.4. The zero-order chi connectivity index (χ0) is 12.9. The largest absolute Gasteiger partial charge is 0.374 e. The lowest BCUT2D eigenvalue weighted by Crippen LogP contribution is -2.38. The number of carbonyl (C=O) groups excluding carboxylic acids is 1. The van der Waals surface area contributed by atoms with Gasteiger partial charge in [0.2, 0.25) is 0 Å². The van der Waals surface area contributed by atoms with Gasteiger partial charge in [0, 0.05) is 0 Å². The molecule has 17 heavy (non-hydrogen) atoms. The van der Waals surface area contributed by atoms with Crippen LogP contribution in [0.15, 0.2) is 0 Å². The van der Waals surface area contributed by atoms with Crippen molar-refractivity contribution in [1.82, 2.24) is 5.32 Å². The third-order valence-corrected chi connectivity index (χ3v) is 2.89. The molecule has 102 valence electrons. The van der Waals surface area contributed by atoms with E-state index in [1.54, 1.807) is 0 Å². The predicted molar refractivity (Wildman–Crippen MR) is 70.6 cm³/mol. The molecule has 4 nitrogen and oxygen atoms in total. The van der Waals surface area contributed by atoms with Crippen LogP contribution in [0.5, 0.6) is 0 Å². The fraction of sp³-hybridized carbons (Fsp3) is 0.923. The smallest absolute Gasteiger partial charge is 0.314 e. The van der Waals surface area contributed by atoms with Crippen LogP contribution < -0.4 is 11.1 Å². The molecule has 0 rings (SSSR count). The van der Waals surface area contributed by atoms with Crippen molar-refractivity contribution in [3.05, 3.63) is 0 Å². The van der Waals surface area contributed by atoms with Gasteiger partial charge in [0.25, 0.3) is 0 Å². The van der Waals surface area contributed by atoms with Gasteiger partial charge in [0.1, 0.15) is 6.23 Å². The topological polar surface area (TPSA) is 75.3 Å². The summed E-state index contributed by atoms with van der Waals surface area (Å²) in [4.78, 5) is 10.4. The van der Waals surface area contributed by atoms with E-state index in [1.807, 2.05) is 0 Å². The molecule has 1 atom stereocenters. The van der Waals surface area contributed by atoms with Crippen molar-refractivity contribution < 1.29 is 9.90 Å². The maximum Gasteiger partial charge on any atom is 0.314 e. The fourth-order valence-corrected chi connectivity index (χ4v) is 1.88. The first kappa shape index (κ1) is 16.2. The lowest BCUT2D eigenvalue weighted by molar-refractivity contribution is 0.132. The van der Waals surface area contributed by atoms with Crippen molar-refractivity contribution >= 4 is 6.03 Å². The molecule has 0 aliphatic heterocycles. The van der Waals surface area contributed by atoms with E-state index >= 15 is 0 Å². The van der Waals surface area contributed by atoms with E-state index < -0.39 is 12.3 Å². The van der Waals surface area contributed by atoms with Gasteiger partial charge in [0.15, 0.2) is 0 Å². The Labute approximate surface area is 105 Å². The van der Waals surface area contributed by atoms with Crippen LogP contribution in [0.4, 0.5) is 4.79 Å². The van der Waals surface area contributed by atoms with Crippen LogP contribution in [0.25, 0.3) is 0 Å². The highest BCUT2D eigenvalue weighted by Gasteiger charge is 2.04. The molecular weight excluding hydrogens is 216 g/mol. The summed E-state index contributed by atoms with van der Waals surface area (Å²) in [6.45, 7) is 2.23. The summed E-state index contributed by atoms with van der Waals surface area (Å²) < 4.78 is 0. The van der Waals surface area contributed by atoms with Gasteiger partial charge < -0.3 is 16.2 Å². The molecule has 4 N–H and O–H groups in total. The summed E-state index contributed by atoms with van der Waals surface area (Å²) in [7, 11) is 0. The normalized spacial score (nSPS) is 12.4. The van der Waals surface area contributed by atoms with Crippen molar-refractivity contribution in [2.45, 2.75) is 77.4 Å². The molecule has 1 unspecified atom stereocenters. The van der Waals surface area contributed by atoms with Crippen molar-refractivity contribution in [2.24, 2.45) is 5.73 Å². The molecule has 0 bridgehead atoms. The second-order valence-corrected chi connectivity index (χ2v) is 4.64. The van der Waals surface area contributed by atoms with Crippen LogP contribution in [0.1, 0.15) is 71.1 Å². The molecule has 0 saturated carbocycles. The summed E-state index contributed by atoms with van der Waals surface area (Å²) >= 11 is 0. The van der Waals surface area contributed by atoms with Gasteiger partial charge in [-0.3, -0.25) is 0 Å². The molecule has 0 aromatic rings. The number of primary amides is 1. The lowest BCUT2D eigenvalue weighted by Gasteiger charge is -2.10. The predicted octanol–water partition coefficient (Wildman–Crippen LogP) is 2.89. The zero-order valence-corrected chi connectivity index (χ0v) is 11.1. The minimum Gasteiger partial charge on any atom is -0.374 e. The van der Waals surface area contributed by atoms with Crippen molar-refractivity contribution in [3.8, 4) is 0 Å². The van der Waals surface area contributed by atoms with E-state index in [0.29, 0.717) is 6.42 Å². The first-order valence-corrected chi connectivity index (χ1v) is 6.91. The Morgan fingerprint density at radius 3 is 2.00 bits per heavy atom. The summed E-state index contributed by atoms with van der Waals surface area (Å²) in [5.74, 6) is 0. The molecule has 0 aliphatic rings. The molecule has 0 radical (unpaired) electrons. The Hall–Kier alpha value is -0.770. The Morgan fingerprint density at radius 1 is 1.06 bits per heavy atom. The average molecular weight is 244 g/mol. The van der Waals surface area contributed by atoms with Crippen LogP contribution in [0.3, 0.4) is 0 Å². The number of nitrogens with one attached hydrogen (secondary N) is 1. The number of aliphatic hydroxyl groups excluding tert-OH is 1. The number of hydrogen-bond acceptors (Lipinski definition) is 2. The highest BCUT2D eigenvalue weighted by atomic mass is 16.3. The van der Waals surface area contributed by atoms with E-state index in [4.69, 9.17) is 5.73 Å². The third-order valence-electron chi connectivity index (χ3n) is 2.89. The highest BCUT2D eigenvalue weighted by Crippen LogP contribution is 2.10. The summed E-state index contributed by atoms with van der Waals surface area (Å²) in [5, 5.41) is 11.6. The molecule has 0 saturated heterocycles. The van der Waals surface area contributed by atoms with Gasteiger partial charge in [-0.1, -0.05) is 58.3 Å². The van der Waals surface area contributed by atoms with E-state index in [-0.39, 0.29) is 0 Å². The fourth-order valence-electron chi connectivity index (χ4n) is 1.88. The molecule has 0 fully saturated rings. The molecule has 0 aromatic carbocycles. The van der Waals surface area contributed by atoms with E-state index in [9.17, 15) is 9.90 Å². The molecular formula is C13H28N2O2. The van der Waals surface area contributed by atoms with Crippen molar-refractivity contribution in [3.63, 3.8) is 0 Å². The maximum absolute atomic E-state index is 10.4. The van der Waals surface area contributed by atoms with Gasteiger partial charge in [-0.15, -0.1) is 0 Å². The number of nitrogens with two attached hydrogens (primary N) is 1. The van der Waals surface area contributed by atoms with Gasteiger partial charge in [0.05, 0.1) is 0 Å². The Balaban J connectivity index is 3.10. The number of hydrogen-bond donors (Lipinski definition) is 3. The van der Waals surface area contributed by atoms with E-state index in [0.717, 1.165) is 12.8 Å². The quantitative estimate of drug-likeness (QED) is 0.386. The molecule has 0 aromatic heterocycles. The monoisotopic (exact) mass is 244 g/mol.